The van der Waals surface area contributed by atoms with Gasteiger partial charge in [-0.2, -0.15) is 0 Å². The molecule has 0 unspecified atom stereocenters. The van der Waals surface area contributed by atoms with E-state index < -0.39 is 0 Å². The lowest BCUT2D eigenvalue weighted by atomic mass is 9.98. The number of fused-ring (bicyclic) bond motifs is 1. The van der Waals surface area contributed by atoms with E-state index in [1.807, 2.05) is 53.1 Å². The van der Waals surface area contributed by atoms with Crippen molar-refractivity contribution < 1.29 is 9.47 Å². The molecule has 0 saturated carbocycles. The van der Waals surface area contributed by atoms with Gasteiger partial charge in [-0.3, -0.25) is 14.4 Å². The van der Waals surface area contributed by atoms with Gasteiger partial charge in [-0.25, -0.2) is 14.6 Å². The predicted octanol–water partition coefficient (Wildman–Crippen LogP) is 6.16. The van der Waals surface area contributed by atoms with E-state index in [0.29, 0.717) is 18.2 Å². The largest absolute Gasteiger partial charge is 0.485 e. The van der Waals surface area contributed by atoms with E-state index in [-0.39, 0.29) is 11.7 Å². The highest BCUT2D eigenvalue weighted by atomic mass is 16.5. The Morgan fingerprint density at radius 1 is 0.891 bits per heavy atom. The van der Waals surface area contributed by atoms with Crippen molar-refractivity contribution in [3.63, 3.8) is 0 Å². The van der Waals surface area contributed by atoms with Crippen LogP contribution in [0.25, 0.3) is 38.3 Å². The molecular formula is C37H38N6O3. The van der Waals surface area contributed by atoms with Crippen LogP contribution in [0.5, 0.6) is 5.88 Å². The lowest BCUT2D eigenvalue weighted by Gasteiger charge is -2.32. The van der Waals surface area contributed by atoms with Gasteiger partial charge in [0, 0.05) is 50.9 Å². The second-order valence-electron chi connectivity index (χ2n) is 12.0. The van der Waals surface area contributed by atoms with E-state index in [4.69, 9.17) is 21.0 Å². The number of para-hydroxylation sites is 2. The number of likely N-dealkylation sites (tertiary alicyclic amines) is 1. The van der Waals surface area contributed by atoms with Crippen molar-refractivity contribution in [1.29, 1.82) is 0 Å². The van der Waals surface area contributed by atoms with Crippen LogP contribution in [0.4, 0.5) is 5.69 Å². The third kappa shape index (κ3) is 6.46. The van der Waals surface area contributed by atoms with Crippen molar-refractivity contribution in [3.8, 4) is 28.3 Å². The Labute approximate surface area is 268 Å². The third-order valence-corrected chi connectivity index (χ3v) is 9.10. The fraction of sp³-hybridized carbons (Fsp3) is 0.324. The molecule has 2 saturated heterocycles. The van der Waals surface area contributed by atoms with Crippen LogP contribution in [0.2, 0.25) is 0 Å². The highest BCUT2D eigenvalue weighted by Crippen LogP contribution is 2.38. The number of piperidine rings is 1. The minimum absolute atomic E-state index is 0.0196. The average Bonchev–Trinajstić information content (AvgIpc) is 3.45. The number of pyridine rings is 1. The maximum Gasteiger partial charge on any atom is 0.326 e. The molecule has 0 aliphatic carbocycles. The maximum absolute atomic E-state index is 12.7. The van der Waals surface area contributed by atoms with E-state index in [0.717, 1.165) is 98.7 Å². The highest BCUT2D eigenvalue weighted by Gasteiger charge is 2.24. The van der Waals surface area contributed by atoms with Crippen LogP contribution in [-0.4, -0.2) is 76.9 Å². The molecule has 2 aliphatic heterocycles. The van der Waals surface area contributed by atoms with E-state index in [9.17, 15) is 4.79 Å². The summed E-state index contributed by atoms with van der Waals surface area (Å²) in [5.41, 5.74) is 7.22. The monoisotopic (exact) mass is 614 g/mol. The Kier molecular flexibility index (Phi) is 8.92. The van der Waals surface area contributed by atoms with Crippen LogP contribution in [0.3, 0.4) is 0 Å². The zero-order valence-corrected chi connectivity index (χ0v) is 25.9. The quantitative estimate of drug-likeness (QED) is 0.201. The van der Waals surface area contributed by atoms with Crippen molar-refractivity contribution in [3.05, 3.63) is 112 Å². The van der Waals surface area contributed by atoms with Crippen LogP contribution in [0.1, 0.15) is 24.4 Å². The van der Waals surface area contributed by atoms with Gasteiger partial charge in [0.1, 0.15) is 6.61 Å². The van der Waals surface area contributed by atoms with Gasteiger partial charge >= 0.3 is 5.69 Å². The number of ether oxygens (including phenoxy) is 2. The fourth-order valence-corrected chi connectivity index (χ4v) is 6.62. The van der Waals surface area contributed by atoms with Crippen molar-refractivity contribution in [1.82, 2.24) is 24.3 Å². The van der Waals surface area contributed by atoms with Crippen molar-refractivity contribution in [2.75, 3.05) is 52.5 Å². The van der Waals surface area contributed by atoms with E-state index in [1.165, 1.54) is 5.56 Å². The molecule has 2 aromatic heterocycles. The Morgan fingerprint density at radius 3 is 2.39 bits per heavy atom. The molecule has 3 aromatic carbocycles. The number of hydrogen-bond donors (Lipinski definition) is 1. The zero-order valence-electron chi connectivity index (χ0n) is 25.9. The SMILES string of the molecule is [C-]#[N+]c1cc(-c2ccccc2)c(-c2ccc(CN3CCC(n4c(=O)[nH]c5ccccc54)CC3)cc2)nc1OCCN1CCOCC1. The summed E-state index contributed by atoms with van der Waals surface area (Å²) in [5, 5.41) is 0. The molecule has 2 fully saturated rings. The molecule has 0 radical (unpaired) electrons. The number of H-pyrrole nitrogens is 1. The van der Waals surface area contributed by atoms with Gasteiger partial charge in [-0.1, -0.05) is 66.7 Å². The minimum atomic E-state index is -0.0196. The molecule has 1 N–H and O–H groups in total. The zero-order chi connectivity index (χ0) is 31.3. The molecule has 4 heterocycles. The second kappa shape index (κ2) is 13.7. The number of morpholine rings is 1. The number of aromatic amines is 1. The standard InChI is InChI=1S/C37H38N6O3/c1-38-33-25-31(28-7-3-2-4-8-28)35(40-36(33)46-24-21-41-19-22-45-23-20-41)29-13-11-27(12-14-29)26-42-17-15-30(16-18-42)43-34-10-6-5-9-32(34)39-37(43)44/h2-14,25,30H,15-24,26H2,(H,39,44). The lowest BCUT2D eigenvalue weighted by Crippen LogP contribution is -2.38. The van der Waals surface area contributed by atoms with Crippen LogP contribution in [-0.2, 0) is 11.3 Å². The average molecular weight is 615 g/mol. The Morgan fingerprint density at radius 2 is 1.63 bits per heavy atom. The molecule has 0 atom stereocenters. The normalized spacial score (nSPS) is 16.4. The van der Waals surface area contributed by atoms with Crippen molar-refractivity contribution in [2.45, 2.75) is 25.4 Å². The molecular weight excluding hydrogens is 576 g/mol. The summed E-state index contributed by atoms with van der Waals surface area (Å²) in [7, 11) is 0. The number of rotatable bonds is 9. The van der Waals surface area contributed by atoms with Crippen molar-refractivity contribution >= 4 is 16.7 Å². The minimum Gasteiger partial charge on any atom is -0.485 e. The first kappa shape index (κ1) is 29.9. The molecule has 234 valence electrons. The van der Waals surface area contributed by atoms with Gasteiger partial charge in [0.25, 0.3) is 0 Å². The predicted molar refractivity (Wildman–Crippen MR) is 180 cm³/mol. The smallest absolute Gasteiger partial charge is 0.326 e. The summed E-state index contributed by atoms with van der Waals surface area (Å²) < 4.78 is 13.5. The van der Waals surface area contributed by atoms with Crippen LogP contribution in [0, 0.1) is 6.57 Å². The first-order chi connectivity index (χ1) is 22.7. The molecule has 0 amide bonds. The molecule has 9 nitrogen and oxygen atoms in total. The summed E-state index contributed by atoms with van der Waals surface area (Å²) in [6.45, 7) is 15.0. The van der Waals surface area contributed by atoms with E-state index >= 15 is 0 Å². The molecule has 9 heteroatoms. The van der Waals surface area contributed by atoms with Crippen molar-refractivity contribution in [2.24, 2.45) is 0 Å². The number of benzene rings is 3. The van der Waals surface area contributed by atoms with Crippen LogP contribution >= 0.6 is 0 Å². The first-order valence-electron chi connectivity index (χ1n) is 16.1. The van der Waals surface area contributed by atoms with Gasteiger partial charge in [0.05, 0.1) is 36.5 Å². The lowest BCUT2D eigenvalue weighted by molar-refractivity contribution is 0.0320. The van der Waals surface area contributed by atoms with Gasteiger partial charge in [0.15, 0.2) is 0 Å². The second-order valence-corrected chi connectivity index (χ2v) is 12.0. The summed E-state index contributed by atoms with van der Waals surface area (Å²) in [4.78, 5) is 29.2. The summed E-state index contributed by atoms with van der Waals surface area (Å²) >= 11 is 0. The molecule has 0 spiro atoms. The first-order valence-corrected chi connectivity index (χ1v) is 16.1. The molecule has 7 rings (SSSR count). The molecule has 5 aromatic rings. The van der Waals surface area contributed by atoms with Gasteiger partial charge < -0.3 is 14.5 Å². The van der Waals surface area contributed by atoms with Gasteiger partial charge in [-0.05, 0) is 47.7 Å². The van der Waals surface area contributed by atoms with Crippen LogP contribution in [0.15, 0.2) is 89.7 Å². The van der Waals surface area contributed by atoms with Gasteiger partial charge in [-0.15, -0.1) is 0 Å². The maximum atomic E-state index is 12.7. The van der Waals surface area contributed by atoms with E-state index in [2.05, 4.69) is 56.0 Å². The fourth-order valence-electron chi connectivity index (χ4n) is 6.62. The Hall–Kier alpha value is -4.75. The summed E-state index contributed by atoms with van der Waals surface area (Å²) in [6, 6.07) is 28.7. The number of nitrogens with one attached hydrogen (secondary N) is 1. The van der Waals surface area contributed by atoms with Gasteiger partial charge in [0.2, 0.25) is 11.6 Å². The topological polar surface area (TPSA) is 80.0 Å². The summed E-state index contributed by atoms with van der Waals surface area (Å²) in [6.07, 6.45) is 1.87. The Balaban J connectivity index is 1.07. The number of aromatic nitrogens is 3. The third-order valence-electron chi connectivity index (χ3n) is 9.10. The van der Waals surface area contributed by atoms with E-state index in [1.54, 1.807) is 0 Å². The Bertz CT molecular complexity index is 1880. The highest BCUT2D eigenvalue weighted by molar-refractivity contribution is 5.84. The number of hydrogen-bond acceptors (Lipinski definition) is 6. The molecule has 2 aliphatic rings. The number of imidazole rings is 1. The molecule has 0 bridgehead atoms. The summed E-state index contributed by atoms with van der Waals surface area (Å²) in [5.74, 6) is 0.374. The number of nitrogens with zero attached hydrogens (tertiary/aromatic N) is 5. The van der Waals surface area contributed by atoms with Crippen LogP contribution < -0.4 is 10.4 Å². The molecule has 46 heavy (non-hydrogen) atoms.